The molecular weight excluding hydrogens is 1880 g/mol. The van der Waals surface area contributed by atoms with E-state index < -0.39 is 454 Å². The van der Waals surface area contributed by atoms with E-state index in [1.807, 2.05) is 0 Å². The fraction of sp³-hybridized carbons (Fsp3) is 0.986. The minimum absolute atomic E-state index is 0.912. The van der Waals surface area contributed by atoms with Crippen LogP contribution in [0.5, 0.6) is 0 Å². The number of rotatable bonds is 35. The Morgan fingerprint density at radius 3 is 0.669 bits per heavy atom. The van der Waals surface area contributed by atoms with E-state index in [0.717, 1.165) is 6.92 Å². The zero-order valence-electron chi connectivity index (χ0n) is 71.5. The first-order chi connectivity index (χ1) is 64.5. The molecule has 12 heterocycles. The van der Waals surface area contributed by atoms with Gasteiger partial charge in [0.25, 0.3) is 0 Å². The Labute approximate surface area is 766 Å². The number of nitrogens with one attached hydrogen (secondary N) is 1. The normalized spacial score (nSPS) is 52.8. The van der Waals surface area contributed by atoms with Crippen molar-refractivity contribution in [3.05, 3.63) is 0 Å². The van der Waals surface area contributed by atoms with Gasteiger partial charge in [0, 0.05) is 6.92 Å². The van der Waals surface area contributed by atoms with Crippen molar-refractivity contribution >= 4 is 5.91 Å². The summed E-state index contributed by atoms with van der Waals surface area (Å²) in [6.45, 7) is -13.0. The van der Waals surface area contributed by atoms with E-state index in [1.165, 1.54) is 0 Å². The van der Waals surface area contributed by atoms with Crippen LogP contribution in [-0.4, -0.2) is 643 Å². The van der Waals surface area contributed by atoms with Crippen molar-refractivity contribution in [1.82, 2.24) is 5.32 Å². The molecule has 12 aliphatic heterocycles. The van der Waals surface area contributed by atoms with Crippen LogP contribution >= 0.6 is 0 Å². The molecule has 0 aromatic rings. The minimum atomic E-state index is -2.65. The Morgan fingerprint density at radius 2 is 0.382 bits per heavy atom. The van der Waals surface area contributed by atoms with Crippen LogP contribution in [0.15, 0.2) is 0 Å². The Kier molecular flexibility index (Phi) is 40.0. The maximum absolute atomic E-state index is 12.7. The first-order valence-electron chi connectivity index (χ1n) is 43.2. The average Bonchev–Trinajstić information content (AvgIpc) is 0.750. The van der Waals surface area contributed by atoms with Crippen LogP contribution in [0.25, 0.3) is 0 Å². The molecule has 0 spiro atoms. The summed E-state index contributed by atoms with van der Waals surface area (Å²) in [5.74, 6) is -0.912. The van der Waals surface area contributed by atoms with Crippen molar-refractivity contribution in [2.45, 2.75) is 375 Å². The smallest absolute Gasteiger partial charge is 0.217 e. The second-order valence-electron chi connectivity index (χ2n) is 34.4. The molecule has 792 valence electrons. The van der Waals surface area contributed by atoms with Crippen molar-refractivity contribution in [3.8, 4) is 0 Å². The van der Waals surface area contributed by atoms with Gasteiger partial charge in [-0.3, -0.25) is 4.79 Å². The molecule has 60 atom stereocenters. The van der Waals surface area contributed by atoms with E-state index in [1.54, 1.807) is 0 Å². The molecule has 0 saturated carbocycles. The van der Waals surface area contributed by atoms with Gasteiger partial charge in [-0.25, -0.2) is 0 Å². The number of hydrogen-bond donors (Lipinski definition) is 38. The van der Waals surface area contributed by atoms with Gasteiger partial charge in [0.2, 0.25) is 5.91 Å². The SMILES string of the molecule is CC(=O)N[C@H]1C(O)O[C@H](CO)[C@@H](O[C@@H]2O[C@H](CO[C@H]3O[C@H](CO[C@H]4O[C@H](CO)[C@@H](O)[C@H](O)[C@@H]4O)[C@@H](O)[C@H](O[C@H]4O[C@H](CO)[C@@H](O)[C@H](O)[C@@H]4O[C@H]4O[C@H](CO)[C@@H](O)[C@H](O)[C@@H]4O)[C@@H]3O)[C@@H](O)[C@H](O[C@H]3O[C@H](CO)[C@@H](O)[C@H](O)[C@@H]3O[C@H]3O[C@H](CO)[C@@H](O)[C@H](O)[C@@H]3O[C@H]3O[C@H](CO)[C@@H](O)[C@H](O[C@H]4O[C@H](CO)[C@@H](O)[C@H](O[C@H]5O[C@H](CO)[C@@H](O)[C@H](O)[C@H]5O[C@H]5O[C@H](CO)[C@@H](O)[C@H](O)[C@H]5O)[C@H]4O)[C@@H]3O)[C@@H]2O)[C@@H]1O. The van der Waals surface area contributed by atoms with Crippen LogP contribution in [0.2, 0.25) is 0 Å². The molecule has 0 aliphatic carbocycles. The van der Waals surface area contributed by atoms with Crippen LogP contribution in [0.3, 0.4) is 0 Å². The monoisotopic (exact) mass is 2000 g/mol. The molecule has 12 fully saturated rings. The van der Waals surface area contributed by atoms with E-state index in [-0.39, 0.29) is 0 Å². The number of amides is 1. The topological polar surface area (TPSA) is 990 Å². The summed E-state index contributed by atoms with van der Waals surface area (Å²) < 4.78 is 134. The largest absolute Gasteiger partial charge is 0.394 e. The maximum Gasteiger partial charge on any atom is 0.217 e. The number of hydrogen-bond acceptors (Lipinski definition) is 61. The van der Waals surface area contributed by atoms with E-state index in [4.69, 9.17) is 109 Å². The first-order valence-corrected chi connectivity index (χ1v) is 43.2. The molecule has 12 saturated heterocycles. The molecule has 62 nitrogen and oxygen atoms in total. The highest BCUT2D eigenvalue weighted by Gasteiger charge is 2.63. The number of aliphatic hydroxyl groups excluding tert-OH is 37. The van der Waals surface area contributed by atoms with Crippen molar-refractivity contribution in [2.24, 2.45) is 0 Å². The summed E-state index contributed by atoms with van der Waals surface area (Å²) in [6.07, 6.45) is -132. The van der Waals surface area contributed by atoms with Crippen LogP contribution in [0, 0.1) is 0 Å². The second-order valence-corrected chi connectivity index (χ2v) is 34.4. The molecule has 38 N–H and O–H groups in total. The van der Waals surface area contributed by atoms with Crippen molar-refractivity contribution in [3.63, 3.8) is 0 Å². The Bertz CT molecular complexity index is 3590. The fourth-order valence-corrected chi connectivity index (χ4v) is 17.5. The van der Waals surface area contributed by atoms with Gasteiger partial charge >= 0.3 is 0 Å². The lowest BCUT2D eigenvalue weighted by molar-refractivity contribution is -0.413. The zero-order valence-corrected chi connectivity index (χ0v) is 71.5. The second kappa shape index (κ2) is 48.6. The lowest BCUT2D eigenvalue weighted by Crippen LogP contribution is -2.69. The van der Waals surface area contributed by atoms with Gasteiger partial charge in [0.15, 0.2) is 75.5 Å². The van der Waals surface area contributed by atoms with Gasteiger partial charge in [-0.15, -0.1) is 0 Å². The lowest BCUT2D eigenvalue weighted by Gasteiger charge is -2.51. The molecule has 0 bridgehead atoms. The van der Waals surface area contributed by atoms with Crippen molar-refractivity contribution in [2.75, 3.05) is 79.3 Å². The number of aliphatic hydroxyl groups is 37. The minimum Gasteiger partial charge on any atom is -0.394 e. The standard InChI is InChI=1S/C74H125NO61/c1-14(86)75-27-39(98)54(24(11-85)116-63(27)113)128-70-53(112)58(38(97)26(127-70)13-115-65-50(109)57(37(96)25(126-65)12-114-64-47(106)40(99)28(87)15(2-76)117-64)131-72-60(44(103)32(91)19(6-80)123-72)134-67-49(108)42(101)30(89)17(4-78)119-67)132-73-62(46(105)34(93)20(7-81)124-73)136-74-61(45(104)33(92)21(8-82)125-74)135-69-51(110)55(35(94)22(9-83)121-69)129-68-52(111)56(36(95)23(10-84)120-68)130-71-59(43(102)31(90)18(5-79)122-71)133-66-48(107)41(100)29(88)16(3-77)118-66/h15-74,76-85,87-113H,2-13H2,1H3,(H,75,86)/t15-,16-,17-,18-,19-,20-,21-,22-,23-,24-,25-,26-,27-,28-,29-,30-,31-,32-,33-,34-,35-,36-,37-,38-,39-,40+,41+,42+,43+,44+,45+,46+,47+,48-,49+,50+,51+,52-,53+,54-,55+,56+,57+,58+,59-,60+,61+,62+,63?,64+,65+,66-,67-,68-,69-,70+,71-,72-,73-,74-/m1/s1. The van der Waals surface area contributed by atoms with Gasteiger partial charge in [0.05, 0.1) is 79.3 Å². The summed E-state index contributed by atoms with van der Waals surface area (Å²) in [6, 6.07) is -1.86. The van der Waals surface area contributed by atoms with E-state index in [9.17, 15) is 194 Å². The average molecular weight is 2000 g/mol. The summed E-state index contributed by atoms with van der Waals surface area (Å²) in [5.41, 5.74) is 0. The van der Waals surface area contributed by atoms with Crippen molar-refractivity contribution in [1.29, 1.82) is 0 Å². The molecule has 1 unspecified atom stereocenters. The first kappa shape index (κ1) is 112. The quantitative estimate of drug-likeness (QED) is 0.0280. The molecule has 12 rings (SSSR count). The number of carbonyl (C=O) groups excluding carboxylic acids is 1. The van der Waals surface area contributed by atoms with Crippen LogP contribution < -0.4 is 5.32 Å². The third-order valence-electron chi connectivity index (χ3n) is 25.5. The van der Waals surface area contributed by atoms with Gasteiger partial charge in [-0.2, -0.15) is 0 Å². The third kappa shape index (κ3) is 23.5. The molecule has 12 aliphatic rings. The summed E-state index contributed by atoms with van der Waals surface area (Å²) in [7, 11) is 0. The molecule has 0 aromatic carbocycles. The van der Waals surface area contributed by atoms with Crippen LogP contribution in [0.1, 0.15) is 6.92 Å². The van der Waals surface area contributed by atoms with E-state index in [2.05, 4.69) is 5.32 Å². The molecule has 136 heavy (non-hydrogen) atoms. The highest BCUT2D eigenvalue weighted by Crippen LogP contribution is 2.43. The van der Waals surface area contributed by atoms with E-state index >= 15 is 0 Å². The molecular formula is C74H125NO61. The number of carbonyl (C=O) groups is 1. The molecule has 1 amide bonds. The van der Waals surface area contributed by atoms with Crippen LogP contribution in [-0.2, 0) is 114 Å². The van der Waals surface area contributed by atoms with Crippen molar-refractivity contribution < 1.29 is 303 Å². The van der Waals surface area contributed by atoms with Gasteiger partial charge < -0.3 is 303 Å². The third-order valence-corrected chi connectivity index (χ3v) is 25.5. The highest BCUT2D eigenvalue weighted by molar-refractivity contribution is 5.73. The Hall–Kier alpha value is -2.93. The van der Waals surface area contributed by atoms with E-state index in [0.29, 0.717) is 0 Å². The zero-order chi connectivity index (χ0) is 99.7. The van der Waals surface area contributed by atoms with Crippen LogP contribution in [0.4, 0.5) is 0 Å². The van der Waals surface area contributed by atoms with Gasteiger partial charge in [0.1, 0.15) is 293 Å². The highest BCUT2D eigenvalue weighted by atomic mass is 16.8. The fourth-order valence-electron chi connectivity index (χ4n) is 17.5. The molecule has 62 heteroatoms. The number of ether oxygens (including phenoxy) is 23. The Balaban J connectivity index is 0.835. The summed E-state index contributed by atoms with van der Waals surface area (Å²) in [5, 5.41) is 415. The summed E-state index contributed by atoms with van der Waals surface area (Å²) in [4.78, 5) is 12.5. The lowest BCUT2D eigenvalue weighted by atomic mass is 9.94. The molecule has 0 radical (unpaired) electrons. The van der Waals surface area contributed by atoms with Gasteiger partial charge in [-0.1, -0.05) is 0 Å². The van der Waals surface area contributed by atoms with Gasteiger partial charge in [-0.05, 0) is 0 Å². The summed E-state index contributed by atoms with van der Waals surface area (Å²) >= 11 is 0. The Morgan fingerprint density at radius 1 is 0.191 bits per heavy atom. The maximum atomic E-state index is 12.7. The predicted octanol–water partition coefficient (Wildman–Crippen LogP) is -27.0. The predicted molar refractivity (Wildman–Crippen MR) is 407 cm³/mol. The molecule has 0 aromatic heterocycles.